The summed E-state index contributed by atoms with van der Waals surface area (Å²) < 4.78 is 5.71. The minimum Gasteiger partial charge on any atom is -0.507 e. The molecule has 1 aromatic heterocycles. The minimum absolute atomic E-state index is 0.00195. The number of anilines is 2. The van der Waals surface area contributed by atoms with E-state index in [9.17, 15) is 14.7 Å². The van der Waals surface area contributed by atoms with E-state index in [1.54, 1.807) is 24.3 Å². The van der Waals surface area contributed by atoms with Gasteiger partial charge in [0.25, 0.3) is 5.78 Å². The predicted octanol–water partition coefficient (Wildman–Crippen LogP) is 5.82. The van der Waals surface area contributed by atoms with E-state index in [0.717, 1.165) is 24.3 Å². The number of aromatic amines is 1. The molecule has 0 spiro atoms. The SMILES string of the molecule is CCN(CC)c1ccc(C2/C(=C(\O)c3ccc(OC(C)C)cc3)C(=O)C(=O)N2c2nc3ccccc3[nH]2)cc1. The fourth-order valence-corrected chi connectivity index (χ4v) is 5.00. The quantitative estimate of drug-likeness (QED) is 0.171. The van der Waals surface area contributed by atoms with E-state index in [-0.39, 0.29) is 23.4 Å². The van der Waals surface area contributed by atoms with Crippen LogP contribution in [0.5, 0.6) is 5.75 Å². The highest BCUT2D eigenvalue weighted by Crippen LogP contribution is 2.42. The van der Waals surface area contributed by atoms with Gasteiger partial charge in [0.1, 0.15) is 11.5 Å². The third kappa shape index (κ3) is 4.85. The fraction of sp³-hybridized carbons (Fsp3) is 0.258. The highest BCUT2D eigenvalue weighted by atomic mass is 16.5. The van der Waals surface area contributed by atoms with Crippen LogP contribution < -0.4 is 14.5 Å². The van der Waals surface area contributed by atoms with Gasteiger partial charge in [-0.2, -0.15) is 0 Å². The number of carbonyl (C=O) groups excluding carboxylic acids is 2. The summed E-state index contributed by atoms with van der Waals surface area (Å²) in [5.41, 5.74) is 3.56. The zero-order chi connectivity index (χ0) is 27.7. The third-order valence-corrected chi connectivity index (χ3v) is 6.89. The Hall–Kier alpha value is -4.59. The van der Waals surface area contributed by atoms with Gasteiger partial charge in [-0.3, -0.25) is 14.5 Å². The molecule has 8 nitrogen and oxygen atoms in total. The largest absolute Gasteiger partial charge is 0.507 e. The topological polar surface area (TPSA) is 98.8 Å². The molecule has 5 rings (SSSR count). The second-order valence-electron chi connectivity index (χ2n) is 9.70. The Labute approximate surface area is 227 Å². The molecule has 8 heteroatoms. The first-order valence-corrected chi connectivity index (χ1v) is 13.2. The standard InChI is InChI=1S/C31H32N4O4/c1-5-34(6-2)22-15-11-20(12-16-22)27-26(28(36)21-13-17-23(18-14-21)39-19(3)4)29(37)30(38)35(27)31-32-24-9-7-8-10-25(24)33-31/h7-19,27,36H,5-6H2,1-4H3,(H,32,33)/b28-26+. The number of carbonyl (C=O) groups is 2. The molecule has 39 heavy (non-hydrogen) atoms. The van der Waals surface area contributed by atoms with Gasteiger partial charge >= 0.3 is 5.91 Å². The van der Waals surface area contributed by atoms with E-state index in [4.69, 9.17) is 4.74 Å². The van der Waals surface area contributed by atoms with Crippen LogP contribution in [0.4, 0.5) is 11.6 Å². The van der Waals surface area contributed by atoms with Crippen LogP contribution in [-0.2, 0) is 9.59 Å². The van der Waals surface area contributed by atoms with Crippen molar-refractivity contribution in [3.63, 3.8) is 0 Å². The number of hydrogen-bond donors (Lipinski definition) is 2. The lowest BCUT2D eigenvalue weighted by molar-refractivity contribution is -0.132. The van der Waals surface area contributed by atoms with Crippen LogP contribution in [0.1, 0.15) is 44.9 Å². The summed E-state index contributed by atoms with van der Waals surface area (Å²) in [7, 11) is 0. The molecule has 2 heterocycles. The maximum Gasteiger partial charge on any atom is 0.302 e. The van der Waals surface area contributed by atoms with Gasteiger partial charge in [-0.25, -0.2) is 4.98 Å². The molecular formula is C31H32N4O4. The maximum atomic E-state index is 13.5. The molecule has 0 radical (unpaired) electrons. The summed E-state index contributed by atoms with van der Waals surface area (Å²) in [6, 6.07) is 21.1. The van der Waals surface area contributed by atoms with Crippen molar-refractivity contribution in [2.45, 2.75) is 39.8 Å². The Kier molecular flexibility index (Phi) is 7.11. The molecule has 0 aliphatic carbocycles. The minimum atomic E-state index is -0.872. The number of ketones is 1. The molecule has 0 bridgehead atoms. The molecule has 0 saturated carbocycles. The number of para-hydroxylation sites is 2. The molecule has 1 saturated heterocycles. The zero-order valence-electron chi connectivity index (χ0n) is 22.5. The Morgan fingerprint density at radius 2 is 1.67 bits per heavy atom. The van der Waals surface area contributed by atoms with Gasteiger partial charge in [0.15, 0.2) is 0 Å². The molecule has 1 atom stereocenters. The van der Waals surface area contributed by atoms with Crippen LogP contribution in [0.2, 0.25) is 0 Å². The van der Waals surface area contributed by atoms with E-state index in [0.29, 0.717) is 22.4 Å². The molecule has 2 N–H and O–H groups in total. The smallest absolute Gasteiger partial charge is 0.302 e. The van der Waals surface area contributed by atoms with Crippen LogP contribution in [-0.4, -0.2) is 46.0 Å². The Morgan fingerprint density at radius 1 is 1.00 bits per heavy atom. The summed E-state index contributed by atoms with van der Waals surface area (Å²) >= 11 is 0. The monoisotopic (exact) mass is 524 g/mol. The number of benzene rings is 3. The van der Waals surface area contributed by atoms with Crippen molar-refractivity contribution in [1.29, 1.82) is 0 Å². The molecule has 3 aromatic carbocycles. The van der Waals surface area contributed by atoms with Crippen molar-refractivity contribution in [3.05, 3.63) is 89.5 Å². The number of ether oxygens (including phenoxy) is 1. The molecule has 1 fully saturated rings. The average molecular weight is 525 g/mol. The number of nitrogens with one attached hydrogen (secondary N) is 1. The van der Waals surface area contributed by atoms with Crippen molar-refractivity contribution in [2.75, 3.05) is 22.9 Å². The molecular weight excluding hydrogens is 492 g/mol. The van der Waals surface area contributed by atoms with Gasteiger partial charge < -0.3 is 19.7 Å². The molecule has 4 aromatic rings. The molecule has 1 unspecified atom stereocenters. The second-order valence-corrected chi connectivity index (χ2v) is 9.70. The van der Waals surface area contributed by atoms with Gasteiger partial charge in [-0.05, 0) is 81.8 Å². The van der Waals surface area contributed by atoms with Crippen molar-refractivity contribution < 1.29 is 19.4 Å². The van der Waals surface area contributed by atoms with E-state index in [2.05, 4.69) is 28.7 Å². The summed E-state index contributed by atoms with van der Waals surface area (Å²) in [5, 5.41) is 11.4. The number of fused-ring (bicyclic) bond motifs is 1. The number of H-pyrrole nitrogens is 1. The first kappa shape index (κ1) is 26.0. The van der Waals surface area contributed by atoms with Gasteiger partial charge in [0.2, 0.25) is 5.95 Å². The molecule has 1 aliphatic heterocycles. The summed E-state index contributed by atoms with van der Waals surface area (Å²) in [6.45, 7) is 9.74. The zero-order valence-corrected chi connectivity index (χ0v) is 22.5. The Morgan fingerprint density at radius 3 is 2.28 bits per heavy atom. The van der Waals surface area contributed by atoms with Crippen molar-refractivity contribution in [2.24, 2.45) is 0 Å². The number of aliphatic hydroxyl groups excluding tert-OH is 1. The fourth-order valence-electron chi connectivity index (χ4n) is 5.00. The molecule has 200 valence electrons. The van der Waals surface area contributed by atoms with Crippen LogP contribution in [0, 0.1) is 0 Å². The van der Waals surface area contributed by atoms with E-state index >= 15 is 0 Å². The third-order valence-electron chi connectivity index (χ3n) is 6.89. The number of aromatic nitrogens is 2. The van der Waals surface area contributed by atoms with Crippen LogP contribution >= 0.6 is 0 Å². The lowest BCUT2D eigenvalue weighted by Crippen LogP contribution is -2.30. The van der Waals surface area contributed by atoms with E-state index in [1.807, 2.05) is 62.4 Å². The van der Waals surface area contributed by atoms with Gasteiger partial charge in [0, 0.05) is 24.3 Å². The number of amides is 1. The van der Waals surface area contributed by atoms with Crippen molar-refractivity contribution >= 4 is 40.1 Å². The van der Waals surface area contributed by atoms with Crippen molar-refractivity contribution in [1.82, 2.24) is 9.97 Å². The lowest BCUT2D eigenvalue weighted by Gasteiger charge is -2.25. The van der Waals surface area contributed by atoms with Crippen LogP contribution in [0.25, 0.3) is 16.8 Å². The number of imidazole rings is 1. The van der Waals surface area contributed by atoms with Crippen LogP contribution in [0.15, 0.2) is 78.4 Å². The number of Topliss-reactive ketones (excluding diaryl/α,β-unsaturated/α-hetero) is 1. The van der Waals surface area contributed by atoms with E-state index in [1.165, 1.54) is 4.90 Å². The van der Waals surface area contributed by atoms with Gasteiger partial charge in [0.05, 0.1) is 28.8 Å². The number of aliphatic hydroxyl groups is 1. The predicted molar refractivity (Wildman–Crippen MR) is 153 cm³/mol. The summed E-state index contributed by atoms with van der Waals surface area (Å²) in [6.07, 6.45) is -0.00195. The number of rotatable bonds is 8. The highest BCUT2D eigenvalue weighted by Gasteiger charge is 2.48. The van der Waals surface area contributed by atoms with Gasteiger partial charge in [-0.15, -0.1) is 0 Å². The molecule has 1 aliphatic rings. The Bertz CT molecular complexity index is 1500. The molecule has 1 amide bonds. The normalized spacial score (nSPS) is 16.8. The number of hydrogen-bond acceptors (Lipinski definition) is 6. The summed E-state index contributed by atoms with van der Waals surface area (Å²) in [5.74, 6) is -0.883. The highest BCUT2D eigenvalue weighted by molar-refractivity contribution is 6.51. The van der Waals surface area contributed by atoms with E-state index < -0.39 is 17.7 Å². The summed E-state index contributed by atoms with van der Waals surface area (Å²) in [4.78, 5) is 38.3. The number of nitrogens with zero attached hydrogens (tertiary/aromatic N) is 3. The van der Waals surface area contributed by atoms with Crippen LogP contribution in [0.3, 0.4) is 0 Å². The maximum absolute atomic E-state index is 13.5. The lowest BCUT2D eigenvalue weighted by atomic mass is 9.95. The second kappa shape index (κ2) is 10.6. The first-order valence-electron chi connectivity index (χ1n) is 13.2. The van der Waals surface area contributed by atoms with Gasteiger partial charge in [-0.1, -0.05) is 24.3 Å². The first-order chi connectivity index (χ1) is 18.8. The average Bonchev–Trinajstić information content (AvgIpc) is 3.48. The Balaban J connectivity index is 1.64. The van der Waals surface area contributed by atoms with Crippen molar-refractivity contribution in [3.8, 4) is 5.75 Å².